The third-order valence-corrected chi connectivity index (χ3v) is 2.57. The highest BCUT2D eigenvalue weighted by molar-refractivity contribution is 5.82. The predicted molar refractivity (Wildman–Crippen MR) is 62.8 cm³/mol. The molecular weight excluding hydrogens is 220 g/mol. The van der Waals surface area contributed by atoms with E-state index in [4.69, 9.17) is 9.47 Å². The van der Waals surface area contributed by atoms with Crippen molar-refractivity contribution in [3.05, 3.63) is 29.5 Å². The average molecular weight is 234 g/mol. The molecule has 4 nitrogen and oxygen atoms in total. The molecule has 1 aliphatic heterocycles. The van der Waals surface area contributed by atoms with Crippen LogP contribution in [0.3, 0.4) is 0 Å². The number of methoxy groups -OCH3 is 1. The lowest BCUT2D eigenvalue weighted by Gasteiger charge is -2.15. The maximum atomic E-state index is 11.3. The monoisotopic (exact) mass is 234 g/mol. The third kappa shape index (κ3) is 2.78. The van der Waals surface area contributed by atoms with Crippen molar-refractivity contribution in [2.24, 2.45) is 0 Å². The van der Waals surface area contributed by atoms with Crippen molar-refractivity contribution in [3.8, 4) is 11.5 Å². The number of Topliss-reactive ketones (excluding diaryl/α,β-unsaturated/α-hetero) is 1. The highest BCUT2D eigenvalue weighted by Crippen LogP contribution is 2.28. The van der Waals surface area contributed by atoms with Gasteiger partial charge in [0, 0.05) is 6.42 Å². The lowest BCUT2D eigenvalue weighted by atomic mass is 10.1. The van der Waals surface area contributed by atoms with E-state index in [1.807, 2.05) is 0 Å². The minimum atomic E-state index is 0.0929. The summed E-state index contributed by atoms with van der Waals surface area (Å²) in [6.07, 6.45) is 2.61. The van der Waals surface area contributed by atoms with Crippen molar-refractivity contribution in [3.63, 3.8) is 0 Å². The normalized spacial score (nSPS) is 17.9. The number of rotatable bonds is 2. The lowest BCUT2D eigenvalue weighted by molar-refractivity contribution is -0.121. The summed E-state index contributed by atoms with van der Waals surface area (Å²) in [6.45, 7) is 0.444. The highest BCUT2D eigenvalue weighted by atomic mass is 16.5. The molecule has 0 spiro atoms. The summed E-state index contributed by atoms with van der Waals surface area (Å²) < 4.78 is 10.4. The van der Waals surface area contributed by atoms with E-state index in [-0.39, 0.29) is 11.5 Å². The van der Waals surface area contributed by atoms with Crippen molar-refractivity contribution in [1.82, 2.24) is 0 Å². The summed E-state index contributed by atoms with van der Waals surface area (Å²) in [5.74, 6) is 1.35. The quantitative estimate of drug-likeness (QED) is 0.851. The van der Waals surface area contributed by atoms with Crippen LogP contribution in [0.1, 0.15) is 18.4 Å². The fourth-order valence-electron chi connectivity index (χ4n) is 1.69. The lowest BCUT2D eigenvalue weighted by Crippen LogP contribution is -2.12. The molecule has 1 aromatic carbocycles. The molecule has 0 unspecified atom stereocenters. The number of phenolic OH excluding ortho intramolecular Hbond substituents is 1. The van der Waals surface area contributed by atoms with E-state index in [1.54, 1.807) is 24.3 Å². The number of allylic oxidation sites excluding steroid dienone is 1. The van der Waals surface area contributed by atoms with Crippen LogP contribution in [-0.2, 0) is 9.53 Å². The SMILES string of the molecule is COc1cc(/C=C2\CC(=O)CCO2)ccc1O. The number of benzene rings is 1. The Labute approximate surface area is 99.5 Å². The number of hydrogen-bond acceptors (Lipinski definition) is 4. The molecule has 0 amide bonds. The molecule has 1 N–H and O–H groups in total. The first-order valence-corrected chi connectivity index (χ1v) is 5.41. The van der Waals surface area contributed by atoms with Gasteiger partial charge in [-0.15, -0.1) is 0 Å². The summed E-state index contributed by atoms with van der Waals surface area (Å²) in [5.41, 5.74) is 0.837. The summed E-state index contributed by atoms with van der Waals surface area (Å²) in [7, 11) is 1.49. The molecule has 1 aromatic rings. The summed E-state index contributed by atoms with van der Waals surface area (Å²) in [5, 5.41) is 9.45. The van der Waals surface area contributed by atoms with Gasteiger partial charge >= 0.3 is 0 Å². The van der Waals surface area contributed by atoms with E-state index in [9.17, 15) is 9.90 Å². The van der Waals surface area contributed by atoms with E-state index >= 15 is 0 Å². The second-order valence-corrected chi connectivity index (χ2v) is 3.86. The van der Waals surface area contributed by atoms with Gasteiger partial charge in [0.05, 0.1) is 20.1 Å². The van der Waals surface area contributed by atoms with Crippen LogP contribution in [-0.4, -0.2) is 24.6 Å². The average Bonchev–Trinajstić information content (AvgIpc) is 2.32. The van der Waals surface area contributed by atoms with Crippen LogP contribution in [0.5, 0.6) is 11.5 Å². The number of phenols is 1. The van der Waals surface area contributed by atoms with Crippen molar-refractivity contribution >= 4 is 11.9 Å². The maximum absolute atomic E-state index is 11.3. The van der Waals surface area contributed by atoms with E-state index in [0.29, 0.717) is 31.0 Å². The topological polar surface area (TPSA) is 55.8 Å². The molecule has 0 atom stereocenters. The van der Waals surface area contributed by atoms with Crippen LogP contribution in [0, 0.1) is 0 Å². The molecule has 4 heteroatoms. The Bertz CT molecular complexity index is 462. The Balaban J connectivity index is 2.22. The first-order valence-electron chi connectivity index (χ1n) is 5.41. The fourth-order valence-corrected chi connectivity index (χ4v) is 1.69. The highest BCUT2D eigenvalue weighted by Gasteiger charge is 2.14. The zero-order chi connectivity index (χ0) is 12.3. The molecule has 1 saturated heterocycles. The van der Waals surface area contributed by atoms with Gasteiger partial charge in [-0.05, 0) is 23.8 Å². The molecular formula is C13H14O4. The third-order valence-electron chi connectivity index (χ3n) is 2.57. The van der Waals surface area contributed by atoms with Crippen molar-refractivity contribution in [2.45, 2.75) is 12.8 Å². The molecule has 1 fully saturated rings. The van der Waals surface area contributed by atoms with Gasteiger partial charge in [-0.25, -0.2) is 0 Å². The van der Waals surface area contributed by atoms with Gasteiger partial charge in [0.2, 0.25) is 0 Å². The molecule has 90 valence electrons. The van der Waals surface area contributed by atoms with E-state index in [2.05, 4.69) is 0 Å². The van der Waals surface area contributed by atoms with Crippen molar-refractivity contribution < 1.29 is 19.4 Å². The van der Waals surface area contributed by atoms with Crippen molar-refractivity contribution in [2.75, 3.05) is 13.7 Å². The van der Waals surface area contributed by atoms with E-state index < -0.39 is 0 Å². The molecule has 0 saturated carbocycles. The molecule has 2 rings (SSSR count). The first kappa shape index (κ1) is 11.5. The molecule has 0 aromatic heterocycles. The molecule has 1 heterocycles. The zero-order valence-corrected chi connectivity index (χ0v) is 9.60. The van der Waals surface area contributed by atoms with Crippen LogP contribution in [0.2, 0.25) is 0 Å². The summed E-state index contributed by atoms with van der Waals surface area (Å²) in [4.78, 5) is 11.3. The van der Waals surface area contributed by atoms with Crippen LogP contribution in [0.15, 0.2) is 24.0 Å². The molecule has 0 bridgehead atoms. The standard InChI is InChI=1S/C13H14O4/c1-16-13-7-9(2-3-12(13)15)6-11-8-10(14)4-5-17-11/h2-3,6-7,15H,4-5,8H2,1H3/b11-6+. The first-order chi connectivity index (χ1) is 8.19. The second kappa shape index (κ2) is 4.91. The number of ketones is 1. The van der Waals surface area contributed by atoms with E-state index in [1.165, 1.54) is 7.11 Å². The minimum Gasteiger partial charge on any atom is -0.504 e. The number of carbonyl (C=O) groups is 1. The molecule has 0 aliphatic carbocycles. The van der Waals surface area contributed by atoms with Gasteiger partial charge in [-0.3, -0.25) is 4.79 Å². The Kier molecular flexibility index (Phi) is 3.32. The van der Waals surface area contributed by atoms with E-state index in [0.717, 1.165) is 5.56 Å². The smallest absolute Gasteiger partial charge is 0.161 e. The number of aromatic hydroxyl groups is 1. The summed E-state index contributed by atoms with van der Waals surface area (Å²) in [6, 6.07) is 4.99. The van der Waals surface area contributed by atoms with Gasteiger partial charge in [-0.2, -0.15) is 0 Å². The second-order valence-electron chi connectivity index (χ2n) is 3.86. The van der Waals surface area contributed by atoms with Crippen molar-refractivity contribution in [1.29, 1.82) is 0 Å². The Morgan fingerprint density at radius 2 is 2.29 bits per heavy atom. The number of ether oxygens (including phenoxy) is 2. The molecule has 1 aliphatic rings. The van der Waals surface area contributed by atoms with Gasteiger partial charge < -0.3 is 14.6 Å². The fraction of sp³-hybridized carbons (Fsp3) is 0.308. The predicted octanol–water partition coefficient (Wildman–Crippen LogP) is 2.12. The van der Waals surface area contributed by atoms with Gasteiger partial charge in [0.15, 0.2) is 11.5 Å². The van der Waals surface area contributed by atoms with Crippen LogP contribution in [0.25, 0.3) is 6.08 Å². The van der Waals surface area contributed by atoms with Gasteiger partial charge in [0.25, 0.3) is 0 Å². The Hall–Kier alpha value is -1.97. The van der Waals surface area contributed by atoms with Crippen LogP contribution < -0.4 is 4.74 Å². The van der Waals surface area contributed by atoms with Gasteiger partial charge in [-0.1, -0.05) is 6.07 Å². The molecule has 17 heavy (non-hydrogen) atoms. The zero-order valence-electron chi connectivity index (χ0n) is 9.60. The number of hydrogen-bond donors (Lipinski definition) is 1. The maximum Gasteiger partial charge on any atom is 0.161 e. The van der Waals surface area contributed by atoms with Gasteiger partial charge in [0.1, 0.15) is 11.5 Å². The van der Waals surface area contributed by atoms with Crippen LogP contribution in [0.4, 0.5) is 0 Å². The van der Waals surface area contributed by atoms with Crippen LogP contribution >= 0.6 is 0 Å². The summed E-state index contributed by atoms with van der Waals surface area (Å²) >= 11 is 0. The largest absolute Gasteiger partial charge is 0.504 e. The number of carbonyl (C=O) groups excluding carboxylic acids is 1. The Morgan fingerprint density at radius 3 is 3.00 bits per heavy atom. The minimum absolute atomic E-state index is 0.0929. The molecule has 0 radical (unpaired) electrons. The Morgan fingerprint density at radius 1 is 1.47 bits per heavy atom.